The van der Waals surface area contributed by atoms with E-state index in [2.05, 4.69) is 31.7 Å². The van der Waals surface area contributed by atoms with Gasteiger partial charge in [0.15, 0.2) is 0 Å². The van der Waals surface area contributed by atoms with Crippen molar-refractivity contribution in [3.63, 3.8) is 0 Å². The molecule has 1 aliphatic rings. The largest absolute Gasteiger partial charge is 0.296 e. The summed E-state index contributed by atoms with van der Waals surface area (Å²) in [7, 11) is 0. The number of amides is 1. The van der Waals surface area contributed by atoms with Gasteiger partial charge in [-0.05, 0) is 31.5 Å². The number of guanidine groups is 1. The lowest BCUT2D eigenvalue weighted by atomic mass is 10.0. The molecule has 0 spiro atoms. The van der Waals surface area contributed by atoms with Gasteiger partial charge < -0.3 is 0 Å². The first kappa shape index (κ1) is 16.2. The van der Waals surface area contributed by atoms with E-state index in [9.17, 15) is 4.79 Å². The molecule has 6 nitrogen and oxygen atoms in total. The van der Waals surface area contributed by atoms with Crippen LogP contribution in [0.3, 0.4) is 0 Å². The molecule has 4 rings (SSSR count). The van der Waals surface area contributed by atoms with Crippen molar-refractivity contribution in [3.8, 4) is 0 Å². The van der Waals surface area contributed by atoms with Crippen molar-refractivity contribution in [1.82, 2.24) is 15.3 Å². The summed E-state index contributed by atoms with van der Waals surface area (Å²) in [5.74, 6) is 0.720. The lowest BCUT2D eigenvalue weighted by Gasteiger charge is -2.21. The van der Waals surface area contributed by atoms with Gasteiger partial charge >= 0.3 is 0 Å². The Bertz CT molecular complexity index is 1010. The number of nitrogens with zero attached hydrogens (tertiary/aromatic N) is 3. The Kier molecular flexibility index (Phi) is 4.08. The summed E-state index contributed by atoms with van der Waals surface area (Å²) in [5, 5.41) is 6.84. The molecule has 2 aromatic carbocycles. The van der Waals surface area contributed by atoms with Crippen molar-refractivity contribution < 1.29 is 4.79 Å². The second kappa shape index (κ2) is 6.55. The SMILES string of the molecule is Cc1ccc2nc(NC3=N[C@@H](c4ccccc4)CC(=O)N3)nc(C)c2c1. The van der Waals surface area contributed by atoms with Crippen molar-refractivity contribution in [3.05, 3.63) is 65.4 Å². The number of fused-ring (bicyclic) bond motifs is 1. The molecule has 1 aliphatic heterocycles. The van der Waals surface area contributed by atoms with Crippen LogP contribution in [0.1, 0.15) is 29.3 Å². The maximum atomic E-state index is 12.1. The molecule has 130 valence electrons. The minimum atomic E-state index is -0.211. The molecule has 2 heterocycles. The number of aliphatic imine (C=N–C) groups is 1. The molecule has 0 saturated carbocycles. The topological polar surface area (TPSA) is 79.3 Å². The maximum Gasteiger partial charge on any atom is 0.230 e. The number of hydrogen-bond donors (Lipinski definition) is 2. The lowest BCUT2D eigenvalue weighted by Crippen LogP contribution is -2.40. The summed E-state index contributed by atoms with van der Waals surface area (Å²) in [5.41, 5.74) is 3.91. The fraction of sp³-hybridized carbons (Fsp3) is 0.200. The smallest absolute Gasteiger partial charge is 0.230 e. The van der Waals surface area contributed by atoms with Gasteiger partial charge in [-0.1, -0.05) is 42.0 Å². The molecule has 0 saturated heterocycles. The number of hydrogen-bond acceptors (Lipinski definition) is 5. The molecule has 0 fully saturated rings. The number of carbonyl (C=O) groups excluding carboxylic acids is 1. The van der Waals surface area contributed by atoms with E-state index in [-0.39, 0.29) is 11.9 Å². The van der Waals surface area contributed by atoms with E-state index >= 15 is 0 Å². The number of nitrogens with one attached hydrogen (secondary N) is 2. The molecule has 6 heteroatoms. The highest BCUT2D eigenvalue weighted by molar-refractivity contribution is 6.05. The maximum absolute atomic E-state index is 12.1. The predicted molar refractivity (Wildman–Crippen MR) is 102 cm³/mol. The molecule has 0 radical (unpaired) electrons. The van der Waals surface area contributed by atoms with Gasteiger partial charge in [0.1, 0.15) is 0 Å². The fourth-order valence-electron chi connectivity index (χ4n) is 3.08. The van der Waals surface area contributed by atoms with E-state index in [4.69, 9.17) is 0 Å². The normalized spacial score (nSPS) is 16.9. The molecule has 1 atom stereocenters. The molecule has 0 unspecified atom stereocenters. The average Bonchev–Trinajstić information content (AvgIpc) is 2.63. The van der Waals surface area contributed by atoms with E-state index in [0.717, 1.165) is 22.2 Å². The van der Waals surface area contributed by atoms with Gasteiger partial charge in [0.25, 0.3) is 0 Å². The first-order valence-corrected chi connectivity index (χ1v) is 8.53. The summed E-state index contributed by atoms with van der Waals surface area (Å²) in [6.45, 7) is 3.99. The Labute approximate surface area is 151 Å². The number of anilines is 1. The first-order chi connectivity index (χ1) is 12.6. The second-order valence-electron chi connectivity index (χ2n) is 6.43. The third-order valence-electron chi connectivity index (χ3n) is 4.38. The number of carbonyl (C=O) groups is 1. The molecular weight excluding hydrogens is 326 g/mol. The Morgan fingerprint density at radius 1 is 1.08 bits per heavy atom. The molecule has 3 aromatic rings. The zero-order valence-electron chi connectivity index (χ0n) is 14.7. The van der Waals surface area contributed by atoms with Crippen LogP contribution in [0, 0.1) is 13.8 Å². The van der Waals surface area contributed by atoms with Crippen molar-refractivity contribution >= 4 is 28.7 Å². The second-order valence-corrected chi connectivity index (χ2v) is 6.43. The van der Waals surface area contributed by atoms with Gasteiger partial charge in [-0.3, -0.25) is 15.4 Å². The van der Waals surface area contributed by atoms with Crippen LogP contribution < -0.4 is 10.6 Å². The highest BCUT2D eigenvalue weighted by Gasteiger charge is 2.23. The third-order valence-corrected chi connectivity index (χ3v) is 4.38. The Balaban J connectivity index is 1.65. The Morgan fingerprint density at radius 3 is 2.69 bits per heavy atom. The fourth-order valence-corrected chi connectivity index (χ4v) is 3.08. The van der Waals surface area contributed by atoms with Crippen molar-refractivity contribution in [1.29, 1.82) is 0 Å². The molecule has 1 aromatic heterocycles. The van der Waals surface area contributed by atoms with Crippen molar-refractivity contribution in [2.24, 2.45) is 4.99 Å². The molecule has 1 amide bonds. The monoisotopic (exact) mass is 345 g/mol. The van der Waals surface area contributed by atoms with Crippen LogP contribution in [-0.2, 0) is 4.79 Å². The van der Waals surface area contributed by atoms with E-state index < -0.39 is 0 Å². The quantitative estimate of drug-likeness (QED) is 0.747. The van der Waals surface area contributed by atoms with Crippen LogP contribution in [0.25, 0.3) is 10.9 Å². The molecule has 2 N–H and O–H groups in total. The summed E-state index contributed by atoms with van der Waals surface area (Å²) in [6.07, 6.45) is 0.325. The van der Waals surface area contributed by atoms with E-state index in [1.165, 1.54) is 5.56 Å². The van der Waals surface area contributed by atoms with Crippen LogP contribution in [0.5, 0.6) is 0 Å². The van der Waals surface area contributed by atoms with Crippen LogP contribution >= 0.6 is 0 Å². The number of aromatic nitrogens is 2. The van der Waals surface area contributed by atoms with Gasteiger partial charge in [0.05, 0.1) is 23.7 Å². The minimum absolute atomic E-state index is 0.0792. The summed E-state index contributed by atoms with van der Waals surface area (Å²) in [4.78, 5) is 25.8. The van der Waals surface area contributed by atoms with Crippen molar-refractivity contribution in [2.75, 3.05) is 5.32 Å². The van der Waals surface area contributed by atoms with Crippen LogP contribution in [-0.4, -0.2) is 21.8 Å². The third kappa shape index (κ3) is 3.26. The van der Waals surface area contributed by atoms with Gasteiger partial charge in [-0.2, -0.15) is 0 Å². The number of rotatable bonds is 2. The van der Waals surface area contributed by atoms with Gasteiger partial charge in [0.2, 0.25) is 17.8 Å². The van der Waals surface area contributed by atoms with Gasteiger partial charge in [-0.15, -0.1) is 0 Å². The average molecular weight is 345 g/mol. The Hall–Kier alpha value is -3.28. The highest BCUT2D eigenvalue weighted by Crippen LogP contribution is 2.24. The number of benzene rings is 2. The summed E-state index contributed by atoms with van der Waals surface area (Å²) < 4.78 is 0. The van der Waals surface area contributed by atoms with Crippen LogP contribution in [0.2, 0.25) is 0 Å². The number of aryl methyl sites for hydroxylation is 2. The highest BCUT2D eigenvalue weighted by atomic mass is 16.1. The van der Waals surface area contributed by atoms with Gasteiger partial charge in [0, 0.05) is 5.39 Å². The standard InChI is InChI=1S/C20H19N5O/c1-12-8-9-16-15(10-12)13(2)21-19(22-16)25-20-23-17(11-18(26)24-20)14-6-4-3-5-7-14/h3-10,17H,11H2,1-2H3,(H2,21,22,23,24,25,26)/t17-/m1/s1. The Morgan fingerprint density at radius 2 is 1.88 bits per heavy atom. The zero-order valence-corrected chi connectivity index (χ0v) is 14.7. The molecule has 0 aliphatic carbocycles. The van der Waals surface area contributed by atoms with E-state index in [1.54, 1.807) is 0 Å². The lowest BCUT2D eigenvalue weighted by molar-refractivity contribution is -0.120. The molecular formula is C20H19N5O. The molecule has 26 heavy (non-hydrogen) atoms. The summed E-state index contributed by atoms with van der Waals surface area (Å²) in [6, 6.07) is 15.6. The van der Waals surface area contributed by atoms with Gasteiger partial charge in [-0.25, -0.2) is 15.0 Å². The minimum Gasteiger partial charge on any atom is -0.296 e. The van der Waals surface area contributed by atoms with Crippen LogP contribution in [0.15, 0.2) is 53.5 Å². The molecule has 0 bridgehead atoms. The van der Waals surface area contributed by atoms with E-state index in [1.807, 2.05) is 56.3 Å². The summed E-state index contributed by atoms with van der Waals surface area (Å²) >= 11 is 0. The first-order valence-electron chi connectivity index (χ1n) is 8.53. The van der Waals surface area contributed by atoms with E-state index in [0.29, 0.717) is 18.3 Å². The zero-order chi connectivity index (χ0) is 18.1. The van der Waals surface area contributed by atoms with Crippen molar-refractivity contribution in [2.45, 2.75) is 26.3 Å². The van der Waals surface area contributed by atoms with Crippen LogP contribution in [0.4, 0.5) is 5.95 Å². The predicted octanol–water partition coefficient (Wildman–Crippen LogP) is 3.28.